The number of aryl methyl sites for hydroxylation is 1. The predicted octanol–water partition coefficient (Wildman–Crippen LogP) is 4.33. The number of nitrogens with zero attached hydrogens (tertiary/aromatic N) is 1. The number of benzene rings is 3. The minimum Gasteiger partial charge on any atom is -0.199 e. The summed E-state index contributed by atoms with van der Waals surface area (Å²) in [7, 11) is -4.38. The monoisotopic (exact) mass is 343 g/mol. The Hall–Kier alpha value is -1.98. The maximum absolute atomic E-state index is 12.6. The van der Waals surface area contributed by atoms with Gasteiger partial charge < -0.3 is 0 Å². The van der Waals surface area contributed by atoms with Crippen LogP contribution in [0.1, 0.15) is 5.56 Å². The van der Waals surface area contributed by atoms with E-state index in [1.54, 1.807) is 12.1 Å². The van der Waals surface area contributed by atoms with E-state index in [0.29, 0.717) is 0 Å². The molecule has 0 N–H and O–H groups in total. The molecule has 5 heteroatoms. The Kier molecular flexibility index (Phi) is 4.33. The molecule has 1 atom stereocenters. The van der Waals surface area contributed by atoms with E-state index in [1.807, 2.05) is 67.8 Å². The van der Waals surface area contributed by atoms with E-state index in [1.165, 1.54) is 0 Å². The summed E-state index contributed by atoms with van der Waals surface area (Å²) in [5, 5.41) is 1.91. The molecule has 23 heavy (non-hydrogen) atoms. The summed E-state index contributed by atoms with van der Waals surface area (Å²) in [6.07, 6.45) is 1.82. The molecule has 0 saturated heterocycles. The molecule has 3 rings (SSSR count). The molecular formula is C18H17NO2S2. The zero-order chi connectivity index (χ0) is 16.4. The Bertz CT molecular complexity index is 991. The van der Waals surface area contributed by atoms with Gasteiger partial charge in [0.25, 0.3) is 10.0 Å². The fourth-order valence-corrected chi connectivity index (χ4v) is 5.21. The average molecular weight is 343 g/mol. The number of hydrogen-bond donors (Lipinski definition) is 0. The Labute approximate surface area is 139 Å². The Morgan fingerprint density at radius 1 is 0.870 bits per heavy atom. The van der Waals surface area contributed by atoms with Crippen LogP contribution in [0.5, 0.6) is 0 Å². The molecular weight excluding hydrogens is 326 g/mol. The van der Waals surface area contributed by atoms with Gasteiger partial charge in [0.15, 0.2) is 0 Å². The number of fused-ring (bicyclic) bond motifs is 1. The maximum atomic E-state index is 12.6. The van der Waals surface area contributed by atoms with Crippen molar-refractivity contribution < 1.29 is 8.42 Å². The molecule has 0 fully saturated rings. The molecule has 118 valence electrons. The summed E-state index contributed by atoms with van der Waals surface area (Å²) in [4.78, 5) is 1.16. The molecule has 3 aromatic carbocycles. The van der Waals surface area contributed by atoms with Gasteiger partial charge in [-0.25, -0.2) is 0 Å². The lowest BCUT2D eigenvalue weighted by Crippen LogP contribution is -2.00. The third-order valence-corrected chi connectivity index (χ3v) is 7.07. The molecule has 0 aliphatic heterocycles. The van der Waals surface area contributed by atoms with Crippen LogP contribution in [0.3, 0.4) is 0 Å². The van der Waals surface area contributed by atoms with Gasteiger partial charge in [-0.15, -0.1) is 3.77 Å². The van der Waals surface area contributed by atoms with Crippen LogP contribution < -0.4 is 0 Å². The van der Waals surface area contributed by atoms with Crippen LogP contribution in [0.25, 0.3) is 10.8 Å². The zero-order valence-corrected chi connectivity index (χ0v) is 14.6. The molecule has 0 aliphatic carbocycles. The van der Waals surface area contributed by atoms with E-state index in [-0.39, 0.29) is 4.90 Å². The van der Waals surface area contributed by atoms with E-state index in [4.69, 9.17) is 0 Å². The molecule has 0 spiro atoms. The summed E-state index contributed by atoms with van der Waals surface area (Å²) >= 11 is 0. The largest absolute Gasteiger partial charge is 0.288 e. The van der Waals surface area contributed by atoms with Crippen LogP contribution in [-0.2, 0) is 20.7 Å². The van der Waals surface area contributed by atoms with E-state index >= 15 is 0 Å². The minimum atomic E-state index is -3.67. The highest BCUT2D eigenvalue weighted by molar-refractivity contribution is 7.99. The van der Waals surface area contributed by atoms with Gasteiger partial charge in [0.05, 0.1) is 4.90 Å². The average Bonchev–Trinajstić information content (AvgIpc) is 2.54. The second kappa shape index (κ2) is 6.26. The smallest absolute Gasteiger partial charge is 0.199 e. The van der Waals surface area contributed by atoms with Crippen molar-refractivity contribution in [2.75, 3.05) is 6.26 Å². The fraction of sp³-hybridized carbons (Fsp3) is 0.111. The zero-order valence-electron chi connectivity index (χ0n) is 12.9. The Balaban J connectivity index is 2.02. The van der Waals surface area contributed by atoms with Crippen molar-refractivity contribution in [2.24, 2.45) is 3.77 Å². The highest BCUT2D eigenvalue weighted by Gasteiger charge is 2.14. The van der Waals surface area contributed by atoms with Gasteiger partial charge in [-0.2, -0.15) is 8.42 Å². The SMILES string of the molecule is Cc1ccc([S@@](C)=NS(=O)(=O)c2ccc3ccccc3c2)cc1. The summed E-state index contributed by atoms with van der Waals surface area (Å²) in [5.41, 5.74) is 1.14. The second-order valence-electron chi connectivity index (χ2n) is 5.35. The van der Waals surface area contributed by atoms with Gasteiger partial charge in [-0.05, 0) is 48.2 Å². The summed E-state index contributed by atoms with van der Waals surface area (Å²) < 4.78 is 29.2. The molecule has 0 saturated carbocycles. The van der Waals surface area contributed by atoms with Crippen LogP contribution in [0.4, 0.5) is 0 Å². The third-order valence-electron chi connectivity index (χ3n) is 3.59. The molecule has 0 aromatic heterocycles. The normalized spacial score (nSPS) is 13.3. The van der Waals surface area contributed by atoms with Crippen molar-refractivity contribution in [1.29, 1.82) is 0 Å². The van der Waals surface area contributed by atoms with Gasteiger partial charge in [0, 0.05) is 4.90 Å². The lowest BCUT2D eigenvalue weighted by molar-refractivity contribution is 0.598. The topological polar surface area (TPSA) is 46.5 Å². The number of rotatable bonds is 3. The van der Waals surface area contributed by atoms with Crippen LogP contribution in [0.15, 0.2) is 80.3 Å². The first-order valence-electron chi connectivity index (χ1n) is 7.15. The minimum absolute atomic E-state index is 0.239. The van der Waals surface area contributed by atoms with Crippen LogP contribution in [0.2, 0.25) is 0 Å². The third kappa shape index (κ3) is 3.51. The summed E-state index contributed by atoms with van der Waals surface area (Å²) in [6, 6.07) is 20.6. The molecule has 0 heterocycles. The Morgan fingerprint density at radius 3 is 2.22 bits per heavy atom. The molecule has 0 bridgehead atoms. The first-order chi connectivity index (χ1) is 11.0. The lowest BCUT2D eigenvalue weighted by atomic mass is 10.1. The van der Waals surface area contributed by atoms with Crippen molar-refractivity contribution in [2.45, 2.75) is 16.7 Å². The summed E-state index contributed by atoms with van der Waals surface area (Å²) in [6.45, 7) is 2.00. The molecule has 0 aliphatic rings. The second-order valence-corrected chi connectivity index (χ2v) is 8.79. The van der Waals surface area contributed by atoms with Crippen molar-refractivity contribution in [3.63, 3.8) is 0 Å². The van der Waals surface area contributed by atoms with Gasteiger partial charge in [0.1, 0.15) is 0 Å². The van der Waals surface area contributed by atoms with Crippen molar-refractivity contribution in [1.82, 2.24) is 0 Å². The lowest BCUT2D eigenvalue weighted by Gasteiger charge is -2.05. The number of sulfonamides is 1. The van der Waals surface area contributed by atoms with Crippen LogP contribution in [0, 0.1) is 6.92 Å². The van der Waals surface area contributed by atoms with Gasteiger partial charge >= 0.3 is 0 Å². The highest BCUT2D eigenvalue weighted by Crippen LogP contribution is 2.22. The maximum Gasteiger partial charge on any atom is 0.288 e. The molecule has 0 unspecified atom stereocenters. The van der Waals surface area contributed by atoms with E-state index in [9.17, 15) is 8.42 Å². The van der Waals surface area contributed by atoms with E-state index in [0.717, 1.165) is 21.2 Å². The molecule has 0 radical (unpaired) electrons. The first-order valence-corrected chi connectivity index (χ1v) is 10.2. The van der Waals surface area contributed by atoms with Gasteiger partial charge in [-0.1, -0.05) is 58.7 Å². The standard InChI is InChI=1S/C18H17NO2S2/c1-14-7-10-17(11-8-14)22(2)19-23(20,21)18-12-9-15-5-3-4-6-16(15)13-18/h3-13H,1-2H3/t22-/m1/s1. The Morgan fingerprint density at radius 2 is 1.52 bits per heavy atom. The van der Waals surface area contributed by atoms with E-state index < -0.39 is 20.7 Å². The first kappa shape index (κ1) is 15.9. The predicted molar refractivity (Wildman–Crippen MR) is 96.3 cm³/mol. The van der Waals surface area contributed by atoms with Crippen LogP contribution >= 0.6 is 0 Å². The molecule has 3 nitrogen and oxygen atoms in total. The molecule has 3 aromatic rings. The quantitative estimate of drug-likeness (QED) is 0.711. The van der Waals surface area contributed by atoms with E-state index in [2.05, 4.69) is 3.77 Å². The molecule has 0 amide bonds. The van der Waals surface area contributed by atoms with Crippen LogP contribution in [-0.4, -0.2) is 14.7 Å². The summed E-state index contributed by atoms with van der Waals surface area (Å²) in [5.74, 6) is 0. The highest BCUT2D eigenvalue weighted by atomic mass is 32.3. The van der Waals surface area contributed by atoms with Crippen molar-refractivity contribution in [3.05, 3.63) is 72.3 Å². The van der Waals surface area contributed by atoms with Crippen molar-refractivity contribution in [3.8, 4) is 0 Å². The number of hydrogen-bond acceptors (Lipinski definition) is 2. The van der Waals surface area contributed by atoms with Gasteiger partial charge in [0.2, 0.25) is 0 Å². The van der Waals surface area contributed by atoms with Gasteiger partial charge in [-0.3, -0.25) is 0 Å². The van der Waals surface area contributed by atoms with Crippen molar-refractivity contribution >= 4 is 31.5 Å². The fourth-order valence-electron chi connectivity index (χ4n) is 2.30.